The number of halogens is 1. The summed E-state index contributed by atoms with van der Waals surface area (Å²) in [6.45, 7) is 9.82. The molecule has 1 aromatic heterocycles. The Morgan fingerprint density at radius 3 is 2.65 bits per heavy atom. The number of carbonyl (C=O) groups excluding carboxylic acids is 1. The van der Waals surface area contributed by atoms with Crippen LogP contribution in [0.1, 0.15) is 30.9 Å². The summed E-state index contributed by atoms with van der Waals surface area (Å²) in [6, 6.07) is 12.7. The fourth-order valence-electron chi connectivity index (χ4n) is 5.93. The number of piperazine rings is 1. The number of nitrogens with zero attached hydrogens (tertiary/aromatic N) is 5. The number of anilines is 1. The highest BCUT2D eigenvalue weighted by Crippen LogP contribution is 2.41. The number of amides is 1. The van der Waals surface area contributed by atoms with Crippen LogP contribution in [0.5, 0.6) is 11.9 Å². The van der Waals surface area contributed by atoms with Crippen molar-refractivity contribution in [2.24, 2.45) is 0 Å². The third kappa shape index (κ3) is 5.02. The van der Waals surface area contributed by atoms with Crippen LogP contribution in [-0.2, 0) is 11.2 Å². The van der Waals surface area contributed by atoms with Crippen LogP contribution < -0.4 is 14.4 Å². The van der Waals surface area contributed by atoms with Crippen LogP contribution in [0, 0.1) is 0 Å². The Morgan fingerprint density at radius 2 is 1.93 bits per heavy atom. The second-order valence-corrected chi connectivity index (χ2v) is 11.2. The molecular weight excluding hydrogens is 526 g/mol. The molecule has 8 nitrogen and oxygen atoms in total. The Balaban J connectivity index is 1.36. The van der Waals surface area contributed by atoms with E-state index in [-0.39, 0.29) is 5.91 Å². The molecule has 0 radical (unpaired) electrons. The second kappa shape index (κ2) is 11.1. The van der Waals surface area contributed by atoms with Gasteiger partial charge in [0.1, 0.15) is 18.2 Å². The smallest absolute Gasteiger partial charge is 0.321 e. The minimum absolute atomic E-state index is 0.0467. The highest BCUT2D eigenvalue weighted by atomic mass is 35.5. The van der Waals surface area contributed by atoms with E-state index >= 15 is 0 Å². The number of likely N-dealkylation sites (tertiary alicyclic amines) is 1. The van der Waals surface area contributed by atoms with Crippen molar-refractivity contribution in [3.63, 3.8) is 0 Å². The lowest BCUT2D eigenvalue weighted by molar-refractivity contribution is -0.126. The second-order valence-electron chi connectivity index (χ2n) is 10.7. The van der Waals surface area contributed by atoms with Gasteiger partial charge in [-0.1, -0.05) is 48.5 Å². The molecule has 1 atom stereocenters. The van der Waals surface area contributed by atoms with Crippen molar-refractivity contribution < 1.29 is 14.3 Å². The maximum Gasteiger partial charge on any atom is 0.321 e. The molecule has 6 rings (SSSR count). The van der Waals surface area contributed by atoms with Gasteiger partial charge >= 0.3 is 6.01 Å². The average Bonchev–Trinajstić information content (AvgIpc) is 3.39. The van der Waals surface area contributed by atoms with E-state index in [2.05, 4.69) is 42.5 Å². The monoisotopic (exact) mass is 559 g/mol. The standard InChI is InChI=1S/C31H34ClN5O3/c1-4-26(38)36-14-16-37(17-15-36)29-24-18-20(2)28(23-11-5-8-21-9-6-12-25(32)27(21)23)40-30(24)34-31(33-29)39-19-22-10-7-13-35(22)3/h4-6,8-9,11-12,22H,1,7,10,13-19H2,2-3H3/t22-/m0/s1. The summed E-state index contributed by atoms with van der Waals surface area (Å²) in [7, 11) is 2.13. The summed E-state index contributed by atoms with van der Waals surface area (Å²) >= 11 is 6.67. The van der Waals surface area contributed by atoms with Crippen molar-refractivity contribution in [3.05, 3.63) is 70.8 Å². The van der Waals surface area contributed by atoms with Gasteiger partial charge in [-0.25, -0.2) is 0 Å². The maximum atomic E-state index is 12.2. The van der Waals surface area contributed by atoms with Gasteiger partial charge < -0.3 is 24.2 Å². The van der Waals surface area contributed by atoms with Crippen LogP contribution in [0.15, 0.2) is 54.6 Å². The number of benzene rings is 2. The van der Waals surface area contributed by atoms with E-state index < -0.39 is 0 Å². The highest BCUT2D eigenvalue weighted by molar-refractivity contribution is 6.36. The van der Waals surface area contributed by atoms with E-state index in [1.165, 1.54) is 12.5 Å². The lowest BCUT2D eigenvalue weighted by Crippen LogP contribution is -2.49. The summed E-state index contributed by atoms with van der Waals surface area (Å²) in [6.07, 6.45) is 4.27. The van der Waals surface area contributed by atoms with E-state index in [0.717, 1.165) is 52.0 Å². The van der Waals surface area contributed by atoms with Crippen molar-refractivity contribution in [3.8, 4) is 11.9 Å². The Hall–Kier alpha value is -3.62. The molecule has 208 valence electrons. The lowest BCUT2D eigenvalue weighted by Gasteiger charge is -2.36. The zero-order chi connectivity index (χ0) is 27.8. The minimum atomic E-state index is -0.0467. The van der Waals surface area contributed by atoms with Gasteiger partial charge in [0.25, 0.3) is 0 Å². The summed E-state index contributed by atoms with van der Waals surface area (Å²) in [5.74, 6) is 2.03. The topological polar surface area (TPSA) is 71.0 Å². The third-order valence-electron chi connectivity index (χ3n) is 8.20. The summed E-state index contributed by atoms with van der Waals surface area (Å²) in [5, 5.41) is 2.70. The van der Waals surface area contributed by atoms with Crippen LogP contribution in [0.3, 0.4) is 0 Å². The van der Waals surface area contributed by atoms with E-state index in [4.69, 9.17) is 31.0 Å². The van der Waals surface area contributed by atoms with Gasteiger partial charge in [-0.15, -0.1) is 0 Å². The molecule has 0 aliphatic carbocycles. The van der Waals surface area contributed by atoms with Gasteiger partial charge in [0.2, 0.25) is 11.8 Å². The molecule has 3 aliphatic heterocycles. The molecule has 2 aromatic carbocycles. The molecule has 0 spiro atoms. The van der Waals surface area contributed by atoms with Crippen molar-refractivity contribution >= 4 is 39.9 Å². The van der Waals surface area contributed by atoms with Gasteiger partial charge in [0.05, 0.1) is 5.56 Å². The van der Waals surface area contributed by atoms with Crippen molar-refractivity contribution in [2.45, 2.75) is 32.2 Å². The first-order valence-electron chi connectivity index (χ1n) is 13.9. The molecular formula is C31H34ClN5O3. The Morgan fingerprint density at radius 1 is 1.15 bits per heavy atom. The minimum Gasteiger partial charge on any atom is -0.462 e. The van der Waals surface area contributed by atoms with E-state index in [1.54, 1.807) is 0 Å². The first-order valence-corrected chi connectivity index (χ1v) is 14.3. The van der Waals surface area contributed by atoms with Gasteiger partial charge in [0, 0.05) is 54.6 Å². The van der Waals surface area contributed by atoms with E-state index in [1.807, 2.05) is 29.2 Å². The molecule has 40 heavy (non-hydrogen) atoms. The number of carbonyl (C=O) groups is 1. The SMILES string of the molecule is C=CC(=O)N1CCN(c2nc(OC[C@@H]3CCCN3C)nc3c2CC(C)=C(c2cccc4cccc(Cl)c24)O3)CC1. The van der Waals surface area contributed by atoms with Crippen LogP contribution in [-0.4, -0.2) is 78.1 Å². The van der Waals surface area contributed by atoms with Gasteiger partial charge in [-0.05, 0) is 56.5 Å². The Bertz CT molecular complexity index is 1490. The summed E-state index contributed by atoms with van der Waals surface area (Å²) < 4.78 is 12.8. The summed E-state index contributed by atoms with van der Waals surface area (Å²) in [4.78, 5) is 28.2. The average molecular weight is 560 g/mol. The first kappa shape index (κ1) is 26.6. The first-order chi connectivity index (χ1) is 19.4. The van der Waals surface area contributed by atoms with Gasteiger partial charge in [0.15, 0.2) is 0 Å². The lowest BCUT2D eigenvalue weighted by atomic mass is 9.96. The molecule has 3 aromatic rings. The molecule has 0 unspecified atom stereocenters. The zero-order valence-corrected chi connectivity index (χ0v) is 23.8. The fourth-order valence-corrected chi connectivity index (χ4v) is 6.21. The predicted octanol–water partition coefficient (Wildman–Crippen LogP) is 4.96. The maximum absolute atomic E-state index is 12.2. The zero-order valence-electron chi connectivity index (χ0n) is 23.0. The van der Waals surface area contributed by atoms with E-state index in [0.29, 0.717) is 62.2 Å². The number of hydrogen-bond donors (Lipinski definition) is 0. The van der Waals surface area contributed by atoms with Crippen LogP contribution in [0.2, 0.25) is 5.02 Å². The van der Waals surface area contributed by atoms with Crippen LogP contribution >= 0.6 is 11.6 Å². The number of rotatable bonds is 6. The molecule has 2 fully saturated rings. The predicted molar refractivity (Wildman–Crippen MR) is 158 cm³/mol. The number of likely N-dealkylation sites (N-methyl/N-ethyl adjacent to an activating group) is 1. The van der Waals surface area contributed by atoms with Crippen molar-refractivity contribution in [1.29, 1.82) is 0 Å². The fraction of sp³-hybridized carbons (Fsp3) is 0.387. The highest BCUT2D eigenvalue weighted by Gasteiger charge is 2.31. The molecule has 0 saturated carbocycles. The Labute approximate surface area is 239 Å². The van der Waals surface area contributed by atoms with Gasteiger partial charge in [-0.3, -0.25) is 4.79 Å². The largest absolute Gasteiger partial charge is 0.462 e. The molecule has 3 aliphatic rings. The molecule has 9 heteroatoms. The van der Waals surface area contributed by atoms with Crippen molar-refractivity contribution in [1.82, 2.24) is 19.8 Å². The number of fused-ring (bicyclic) bond motifs is 2. The number of allylic oxidation sites excluding steroid dienone is 1. The number of hydrogen-bond acceptors (Lipinski definition) is 7. The molecule has 1 amide bonds. The number of aromatic nitrogens is 2. The van der Waals surface area contributed by atoms with Crippen molar-refractivity contribution in [2.75, 3.05) is 51.3 Å². The van der Waals surface area contributed by atoms with Crippen LogP contribution in [0.4, 0.5) is 5.82 Å². The summed E-state index contributed by atoms with van der Waals surface area (Å²) in [5.41, 5.74) is 2.95. The normalized spacial score (nSPS) is 19.5. The third-order valence-corrected chi connectivity index (χ3v) is 8.51. The molecule has 4 heterocycles. The molecule has 0 N–H and O–H groups in total. The Kier molecular flexibility index (Phi) is 7.38. The molecule has 2 saturated heterocycles. The van der Waals surface area contributed by atoms with Crippen LogP contribution in [0.25, 0.3) is 16.5 Å². The van der Waals surface area contributed by atoms with E-state index in [9.17, 15) is 4.79 Å². The molecule has 0 bridgehead atoms. The number of ether oxygens (including phenoxy) is 2. The van der Waals surface area contributed by atoms with Gasteiger partial charge in [-0.2, -0.15) is 9.97 Å². The quantitative estimate of drug-likeness (QED) is 0.395.